The zero-order valence-corrected chi connectivity index (χ0v) is 8.46. The number of halogens is 1. The van der Waals surface area contributed by atoms with Crippen LogP contribution in [0.5, 0.6) is 0 Å². The topological polar surface area (TPSA) is 48.4 Å². The van der Waals surface area contributed by atoms with E-state index in [0.29, 0.717) is 11.0 Å². The third kappa shape index (κ3) is 1.94. The molecule has 3 nitrogen and oxygen atoms in total. The lowest BCUT2D eigenvalue weighted by atomic mass is 10.0. The lowest BCUT2D eigenvalue weighted by molar-refractivity contribution is 0.220. The third-order valence-electron chi connectivity index (χ3n) is 2.26. The van der Waals surface area contributed by atoms with Crippen molar-refractivity contribution < 1.29 is 9.15 Å². The Balaban J connectivity index is 2.14. The molecule has 0 fully saturated rings. The van der Waals surface area contributed by atoms with Gasteiger partial charge in [-0.3, -0.25) is 0 Å². The summed E-state index contributed by atoms with van der Waals surface area (Å²) in [7, 11) is 0. The fraction of sp³-hybridized carbons (Fsp3) is 0.400. The van der Waals surface area contributed by atoms with E-state index in [0.717, 1.165) is 25.0 Å². The Labute approximate surface area is 87.5 Å². The van der Waals surface area contributed by atoms with Crippen molar-refractivity contribution in [1.82, 2.24) is 0 Å². The van der Waals surface area contributed by atoms with Gasteiger partial charge in [-0.05, 0) is 42.1 Å². The van der Waals surface area contributed by atoms with Crippen molar-refractivity contribution in [2.24, 2.45) is 5.73 Å². The van der Waals surface area contributed by atoms with E-state index in [4.69, 9.17) is 26.5 Å². The van der Waals surface area contributed by atoms with E-state index in [9.17, 15) is 0 Å². The first-order valence-corrected chi connectivity index (χ1v) is 4.96. The van der Waals surface area contributed by atoms with Crippen LogP contribution in [0.4, 0.5) is 0 Å². The van der Waals surface area contributed by atoms with E-state index >= 15 is 0 Å². The summed E-state index contributed by atoms with van der Waals surface area (Å²) in [5.41, 5.74) is 7.04. The van der Waals surface area contributed by atoms with E-state index in [1.165, 1.54) is 0 Å². The number of hydrogen-bond donors (Lipinski definition) is 1. The molecule has 0 amide bonds. The number of nitrogens with two attached hydrogens (primary N) is 1. The van der Waals surface area contributed by atoms with Gasteiger partial charge in [0.2, 0.25) is 0 Å². The molecular weight excluding hydrogens is 202 g/mol. The molecule has 0 aromatic carbocycles. The molecule has 1 unspecified atom stereocenters. The summed E-state index contributed by atoms with van der Waals surface area (Å²) in [6.07, 6.45) is 3.69. The summed E-state index contributed by atoms with van der Waals surface area (Å²) >= 11 is 5.67. The molecule has 0 bridgehead atoms. The van der Waals surface area contributed by atoms with Crippen LogP contribution in [0.25, 0.3) is 0 Å². The number of furan rings is 1. The normalized spacial score (nSPS) is 18.6. The van der Waals surface area contributed by atoms with Crippen molar-refractivity contribution in [2.75, 3.05) is 6.61 Å². The van der Waals surface area contributed by atoms with Crippen molar-refractivity contribution in [2.45, 2.75) is 18.9 Å². The fourth-order valence-electron chi connectivity index (χ4n) is 1.49. The standard InChI is InChI=1S/C10H12ClNO2/c11-9-4-3-8(14-9)10(12)7-2-1-5-13-6-7/h3-4,6,10H,1-2,5,12H2. The molecule has 2 N–H and O–H groups in total. The van der Waals surface area contributed by atoms with Crippen LogP contribution in [0.15, 0.2) is 28.4 Å². The van der Waals surface area contributed by atoms with Gasteiger partial charge in [-0.25, -0.2) is 0 Å². The number of hydrogen-bond acceptors (Lipinski definition) is 3. The summed E-state index contributed by atoms with van der Waals surface area (Å²) in [5, 5.41) is 0.368. The van der Waals surface area contributed by atoms with Gasteiger partial charge < -0.3 is 14.9 Å². The van der Waals surface area contributed by atoms with Crippen molar-refractivity contribution in [1.29, 1.82) is 0 Å². The molecule has 1 atom stereocenters. The minimum absolute atomic E-state index is 0.234. The molecule has 2 heterocycles. The molecule has 0 saturated carbocycles. The molecule has 0 aliphatic carbocycles. The monoisotopic (exact) mass is 213 g/mol. The highest BCUT2D eigenvalue weighted by Gasteiger charge is 2.17. The fourth-order valence-corrected chi connectivity index (χ4v) is 1.64. The molecule has 1 aromatic rings. The maximum absolute atomic E-state index is 5.98. The SMILES string of the molecule is NC(C1=COCCC1)c1ccc(Cl)o1. The second-order valence-electron chi connectivity index (χ2n) is 3.29. The van der Waals surface area contributed by atoms with Crippen LogP contribution in [0.1, 0.15) is 24.6 Å². The Hall–Kier alpha value is -0.930. The van der Waals surface area contributed by atoms with Gasteiger partial charge in [0.25, 0.3) is 0 Å². The molecule has 0 radical (unpaired) electrons. The van der Waals surface area contributed by atoms with Gasteiger partial charge >= 0.3 is 0 Å². The minimum Gasteiger partial charge on any atom is -0.501 e. The van der Waals surface area contributed by atoms with Crippen LogP contribution in [0.3, 0.4) is 0 Å². The molecule has 4 heteroatoms. The van der Waals surface area contributed by atoms with Crippen LogP contribution >= 0.6 is 11.6 Å². The highest BCUT2D eigenvalue weighted by Crippen LogP contribution is 2.27. The van der Waals surface area contributed by atoms with Crippen LogP contribution in [0, 0.1) is 0 Å². The van der Waals surface area contributed by atoms with Gasteiger partial charge in [-0.1, -0.05) is 0 Å². The Morgan fingerprint density at radius 2 is 2.29 bits per heavy atom. The van der Waals surface area contributed by atoms with Crippen molar-refractivity contribution in [3.8, 4) is 0 Å². The van der Waals surface area contributed by atoms with Crippen LogP contribution < -0.4 is 5.73 Å². The maximum Gasteiger partial charge on any atom is 0.193 e. The van der Waals surface area contributed by atoms with Crippen molar-refractivity contribution in [3.05, 3.63) is 34.9 Å². The first-order chi connectivity index (χ1) is 6.77. The second kappa shape index (κ2) is 4.07. The maximum atomic E-state index is 5.98. The van der Waals surface area contributed by atoms with E-state index in [2.05, 4.69) is 0 Å². The van der Waals surface area contributed by atoms with Gasteiger partial charge in [0.1, 0.15) is 5.76 Å². The Morgan fingerprint density at radius 1 is 1.43 bits per heavy atom. The molecule has 0 spiro atoms. The largest absolute Gasteiger partial charge is 0.501 e. The lowest BCUT2D eigenvalue weighted by Gasteiger charge is -2.17. The van der Waals surface area contributed by atoms with Crippen LogP contribution in [-0.2, 0) is 4.74 Å². The average molecular weight is 214 g/mol. The highest BCUT2D eigenvalue weighted by atomic mass is 35.5. The van der Waals surface area contributed by atoms with Gasteiger partial charge in [0.15, 0.2) is 5.22 Å². The summed E-state index contributed by atoms with van der Waals surface area (Å²) in [5.74, 6) is 0.687. The predicted molar refractivity (Wildman–Crippen MR) is 53.9 cm³/mol. The quantitative estimate of drug-likeness (QED) is 0.822. The Bertz CT molecular complexity index is 346. The van der Waals surface area contributed by atoms with Crippen LogP contribution in [-0.4, -0.2) is 6.61 Å². The van der Waals surface area contributed by atoms with Gasteiger partial charge in [-0.15, -0.1) is 0 Å². The Morgan fingerprint density at radius 3 is 2.86 bits per heavy atom. The van der Waals surface area contributed by atoms with Gasteiger partial charge in [0, 0.05) is 0 Å². The first-order valence-electron chi connectivity index (χ1n) is 4.59. The third-order valence-corrected chi connectivity index (χ3v) is 2.47. The summed E-state index contributed by atoms with van der Waals surface area (Å²) in [6.45, 7) is 0.773. The predicted octanol–water partition coefficient (Wildman–Crippen LogP) is 2.63. The van der Waals surface area contributed by atoms with E-state index < -0.39 is 0 Å². The van der Waals surface area contributed by atoms with E-state index in [1.54, 1.807) is 18.4 Å². The molecule has 0 saturated heterocycles. The number of rotatable bonds is 2. The Kier molecular flexibility index (Phi) is 2.79. The minimum atomic E-state index is -0.234. The smallest absolute Gasteiger partial charge is 0.193 e. The summed E-state index contributed by atoms with van der Waals surface area (Å²) < 4.78 is 10.5. The second-order valence-corrected chi connectivity index (χ2v) is 3.66. The van der Waals surface area contributed by atoms with Gasteiger partial charge in [0.05, 0.1) is 18.9 Å². The van der Waals surface area contributed by atoms with Crippen molar-refractivity contribution in [3.63, 3.8) is 0 Å². The van der Waals surface area contributed by atoms with E-state index in [1.807, 2.05) is 0 Å². The molecular formula is C10H12ClNO2. The molecule has 14 heavy (non-hydrogen) atoms. The highest BCUT2D eigenvalue weighted by molar-refractivity contribution is 6.28. The first kappa shape index (κ1) is 9.62. The van der Waals surface area contributed by atoms with E-state index in [-0.39, 0.29) is 6.04 Å². The molecule has 1 aliphatic heterocycles. The zero-order valence-electron chi connectivity index (χ0n) is 7.70. The average Bonchev–Trinajstić information content (AvgIpc) is 2.65. The molecule has 2 rings (SSSR count). The molecule has 1 aliphatic rings. The van der Waals surface area contributed by atoms with Crippen LogP contribution in [0.2, 0.25) is 5.22 Å². The number of ether oxygens (including phenoxy) is 1. The molecule has 1 aromatic heterocycles. The zero-order chi connectivity index (χ0) is 9.97. The van der Waals surface area contributed by atoms with Gasteiger partial charge in [-0.2, -0.15) is 0 Å². The lowest BCUT2D eigenvalue weighted by Crippen LogP contribution is -2.15. The summed E-state index contributed by atoms with van der Waals surface area (Å²) in [4.78, 5) is 0. The molecule has 76 valence electrons. The van der Waals surface area contributed by atoms with Crippen molar-refractivity contribution >= 4 is 11.6 Å². The summed E-state index contributed by atoms with van der Waals surface area (Å²) in [6, 6.07) is 3.26.